The number of pyridine rings is 1. The maximum Gasteiger partial charge on any atom is 0.189 e. The van der Waals surface area contributed by atoms with Crippen molar-refractivity contribution >= 4 is 23.2 Å². The lowest BCUT2D eigenvalue weighted by molar-refractivity contribution is -0.0176. The van der Waals surface area contributed by atoms with Crippen molar-refractivity contribution in [2.75, 3.05) is 6.79 Å². The number of hydrogen-bond acceptors (Lipinski definition) is 3. The summed E-state index contributed by atoms with van der Waals surface area (Å²) in [7, 11) is 0. The van der Waals surface area contributed by atoms with Gasteiger partial charge in [-0.15, -0.1) is 23.2 Å². The van der Waals surface area contributed by atoms with Gasteiger partial charge in [0.05, 0.1) is 18.2 Å². The Morgan fingerprint density at radius 2 is 2.21 bits per heavy atom. The maximum atomic E-state index is 5.78. The van der Waals surface area contributed by atoms with Crippen LogP contribution in [0.3, 0.4) is 0 Å². The summed E-state index contributed by atoms with van der Waals surface area (Å²) in [5.41, 5.74) is 2.66. The summed E-state index contributed by atoms with van der Waals surface area (Å²) in [6.45, 7) is 0.772. The Morgan fingerprint density at radius 1 is 1.36 bits per heavy atom. The number of hydrogen-bond donors (Lipinski definition) is 0. The van der Waals surface area contributed by atoms with Crippen LogP contribution in [0.5, 0.6) is 5.75 Å². The Balaban J connectivity index is 2.50. The van der Waals surface area contributed by atoms with Gasteiger partial charge in [0.2, 0.25) is 0 Å². The molecule has 0 unspecified atom stereocenters. The van der Waals surface area contributed by atoms with Crippen molar-refractivity contribution in [1.29, 1.82) is 0 Å². The van der Waals surface area contributed by atoms with E-state index in [1.165, 1.54) is 0 Å². The second-order valence-corrected chi connectivity index (χ2v) is 3.45. The van der Waals surface area contributed by atoms with E-state index in [0.29, 0.717) is 18.4 Å². The molecule has 76 valence electrons. The minimum Gasteiger partial charge on any atom is -0.465 e. The van der Waals surface area contributed by atoms with Crippen LogP contribution < -0.4 is 4.74 Å². The predicted octanol–water partition coefficient (Wildman–Crippen LogP) is 2.43. The van der Waals surface area contributed by atoms with Crippen LogP contribution in [-0.2, 0) is 23.1 Å². The summed E-state index contributed by atoms with van der Waals surface area (Å²) in [4.78, 5) is 4.18. The van der Waals surface area contributed by atoms with Crippen molar-refractivity contribution in [2.24, 2.45) is 0 Å². The Bertz CT molecular complexity index is 311. The fourth-order valence-electron chi connectivity index (χ4n) is 1.40. The first-order valence-electron chi connectivity index (χ1n) is 4.19. The summed E-state index contributed by atoms with van der Waals surface area (Å²) in [6.07, 6.45) is 1.72. The van der Waals surface area contributed by atoms with Gasteiger partial charge in [0.15, 0.2) is 12.5 Å². The molecule has 0 fully saturated rings. The molecular weight excluding hydrogens is 225 g/mol. The van der Waals surface area contributed by atoms with Gasteiger partial charge in [-0.1, -0.05) is 0 Å². The molecular formula is C9H9Cl2NO2. The third-order valence-corrected chi connectivity index (χ3v) is 2.64. The molecule has 2 heterocycles. The number of aromatic nitrogens is 1. The fourth-order valence-corrected chi connectivity index (χ4v) is 1.82. The second-order valence-electron chi connectivity index (χ2n) is 2.92. The molecule has 0 saturated carbocycles. The van der Waals surface area contributed by atoms with Gasteiger partial charge in [-0.05, 0) is 5.56 Å². The molecule has 0 aromatic carbocycles. The maximum absolute atomic E-state index is 5.78. The SMILES string of the molecule is ClCc1cnc(CCl)c2c1COCO2. The summed E-state index contributed by atoms with van der Waals surface area (Å²) in [6, 6.07) is 0. The second kappa shape index (κ2) is 4.34. The highest BCUT2D eigenvalue weighted by Crippen LogP contribution is 2.31. The third kappa shape index (κ3) is 1.67. The highest BCUT2D eigenvalue weighted by molar-refractivity contribution is 6.17. The molecule has 0 bridgehead atoms. The van der Waals surface area contributed by atoms with Crippen LogP contribution in [-0.4, -0.2) is 11.8 Å². The first kappa shape index (κ1) is 10.0. The van der Waals surface area contributed by atoms with Gasteiger partial charge in [0.1, 0.15) is 0 Å². The number of rotatable bonds is 2. The first-order valence-corrected chi connectivity index (χ1v) is 5.25. The zero-order chi connectivity index (χ0) is 9.97. The monoisotopic (exact) mass is 233 g/mol. The lowest BCUT2D eigenvalue weighted by Crippen LogP contribution is -2.15. The third-order valence-electron chi connectivity index (χ3n) is 2.10. The van der Waals surface area contributed by atoms with Crippen LogP contribution in [0.4, 0.5) is 0 Å². The van der Waals surface area contributed by atoms with Crippen LogP contribution in [0.15, 0.2) is 6.20 Å². The Hall–Kier alpha value is -0.510. The molecule has 0 radical (unpaired) electrons. The van der Waals surface area contributed by atoms with E-state index < -0.39 is 0 Å². The highest BCUT2D eigenvalue weighted by Gasteiger charge is 2.18. The average Bonchev–Trinajstić information content (AvgIpc) is 2.27. The van der Waals surface area contributed by atoms with E-state index in [1.54, 1.807) is 6.20 Å². The largest absolute Gasteiger partial charge is 0.465 e. The highest BCUT2D eigenvalue weighted by atomic mass is 35.5. The van der Waals surface area contributed by atoms with E-state index in [4.69, 9.17) is 32.7 Å². The van der Waals surface area contributed by atoms with Crippen molar-refractivity contribution in [2.45, 2.75) is 18.4 Å². The van der Waals surface area contributed by atoms with Gasteiger partial charge in [0, 0.05) is 17.6 Å². The van der Waals surface area contributed by atoms with Gasteiger partial charge >= 0.3 is 0 Å². The van der Waals surface area contributed by atoms with Crippen molar-refractivity contribution in [3.8, 4) is 5.75 Å². The first-order chi connectivity index (χ1) is 6.86. The molecule has 1 aliphatic heterocycles. The number of ether oxygens (including phenoxy) is 2. The van der Waals surface area contributed by atoms with Gasteiger partial charge in [-0.2, -0.15) is 0 Å². The van der Waals surface area contributed by atoms with Crippen LogP contribution in [0.1, 0.15) is 16.8 Å². The topological polar surface area (TPSA) is 31.4 Å². The number of nitrogens with zero attached hydrogens (tertiary/aromatic N) is 1. The van der Waals surface area contributed by atoms with Gasteiger partial charge in [0.25, 0.3) is 0 Å². The molecule has 14 heavy (non-hydrogen) atoms. The van der Waals surface area contributed by atoms with E-state index >= 15 is 0 Å². The molecule has 5 heteroatoms. The molecule has 1 aliphatic rings. The molecule has 0 amide bonds. The fraction of sp³-hybridized carbons (Fsp3) is 0.444. The lowest BCUT2D eigenvalue weighted by Gasteiger charge is -2.21. The molecule has 0 N–H and O–H groups in total. The van der Waals surface area contributed by atoms with Gasteiger partial charge in [-0.3, -0.25) is 4.98 Å². The molecule has 2 rings (SSSR count). The number of fused-ring (bicyclic) bond motifs is 1. The molecule has 3 nitrogen and oxygen atoms in total. The minimum atomic E-state index is 0.254. The Labute approximate surface area is 91.9 Å². The summed E-state index contributed by atoms with van der Waals surface area (Å²) < 4.78 is 10.5. The van der Waals surface area contributed by atoms with E-state index in [9.17, 15) is 0 Å². The smallest absolute Gasteiger partial charge is 0.189 e. The standard InChI is InChI=1S/C9H9Cl2NO2/c10-1-6-3-12-8(2-11)9-7(6)4-13-5-14-9/h3H,1-2,4-5H2. The van der Waals surface area contributed by atoms with Crippen LogP contribution >= 0.6 is 23.2 Å². The van der Waals surface area contributed by atoms with E-state index in [2.05, 4.69) is 4.98 Å². The van der Waals surface area contributed by atoms with Gasteiger partial charge < -0.3 is 9.47 Å². The van der Waals surface area contributed by atoms with Crippen LogP contribution in [0.25, 0.3) is 0 Å². The lowest BCUT2D eigenvalue weighted by atomic mass is 10.1. The quantitative estimate of drug-likeness (QED) is 0.736. The van der Waals surface area contributed by atoms with Crippen LogP contribution in [0, 0.1) is 0 Å². The van der Waals surface area contributed by atoms with Crippen molar-refractivity contribution in [3.05, 3.63) is 23.0 Å². The van der Waals surface area contributed by atoms with Crippen molar-refractivity contribution < 1.29 is 9.47 Å². The van der Waals surface area contributed by atoms with E-state index in [-0.39, 0.29) is 6.79 Å². The minimum absolute atomic E-state index is 0.254. The Morgan fingerprint density at radius 3 is 2.93 bits per heavy atom. The van der Waals surface area contributed by atoms with Crippen molar-refractivity contribution in [1.82, 2.24) is 4.98 Å². The molecule has 0 saturated heterocycles. The van der Waals surface area contributed by atoms with Gasteiger partial charge in [-0.25, -0.2) is 0 Å². The Kier molecular flexibility index (Phi) is 3.11. The van der Waals surface area contributed by atoms with Crippen LogP contribution in [0.2, 0.25) is 0 Å². The number of halogens is 2. The molecule has 1 aromatic heterocycles. The zero-order valence-corrected chi connectivity index (χ0v) is 8.94. The van der Waals surface area contributed by atoms with E-state index in [1.807, 2.05) is 0 Å². The summed E-state index contributed by atoms with van der Waals surface area (Å²) >= 11 is 11.5. The normalized spacial score (nSPS) is 14.7. The summed E-state index contributed by atoms with van der Waals surface area (Å²) in [5.74, 6) is 1.49. The molecule has 0 atom stereocenters. The molecule has 1 aromatic rings. The zero-order valence-electron chi connectivity index (χ0n) is 7.43. The number of alkyl halides is 2. The molecule has 0 spiro atoms. The molecule has 0 aliphatic carbocycles. The predicted molar refractivity (Wildman–Crippen MR) is 53.6 cm³/mol. The van der Waals surface area contributed by atoms with Crippen molar-refractivity contribution in [3.63, 3.8) is 0 Å². The summed E-state index contributed by atoms with van der Waals surface area (Å²) in [5, 5.41) is 0. The van der Waals surface area contributed by atoms with E-state index in [0.717, 1.165) is 22.6 Å². The average molecular weight is 234 g/mol.